The molecule has 3 nitrogen and oxygen atoms in total. The smallest absolute Gasteiger partial charge is 0.224 e. The maximum Gasteiger partial charge on any atom is 0.224 e. The minimum Gasteiger partial charge on any atom is -0.361 e. The van der Waals surface area contributed by atoms with Crippen molar-refractivity contribution in [1.29, 1.82) is 0 Å². The molecule has 1 aromatic heterocycles. The molecule has 3 rings (SSSR count). The number of nitrogens with one attached hydrogen (secondary N) is 2. The normalized spacial score (nSPS) is 10.8. The minimum atomic E-state index is 0.0886. The van der Waals surface area contributed by atoms with Gasteiger partial charge in [0.1, 0.15) is 0 Å². The molecular weight excluding hydrogens is 284 g/mol. The molecule has 0 aliphatic heterocycles. The average Bonchev–Trinajstić information content (AvgIpc) is 2.99. The van der Waals surface area contributed by atoms with Crippen LogP contribution in [-0.4, -0.2) is 10.9 Å². The third-order valence-electron chi connectivity index (χ3n) is 4.20. The van der Waals surface area contributed by atoms with Gasteiger partial charge in [0.15, 0.2) is 0 Å². The fourth-order valence-corrected chi connectivity index (χ4v) is 2.94. The van der Waals surface area contributed by atoms with Crippen molar-refractivity contribution in [2.75, 3.05) is 5.32 Å². The van der Waals surface area contributed by atoms with E-state index in [0.29, 0.717) is 6.42 Å². The summed E-state index contributed by atoms with van der Waals surface area (Å²) in [5.41, 5.74) is 4.55. The van der Waals surface area contributed by atoms with Gasteiger partial charge in [-0.3, -0.25) is 4.79 Å². The second-order valence-corrected chi connectivity index (χ2v) is 5.77. The molecule has 118 valence electrons. The fraction of sp³-hybridized carbons (Fsp3) is 0.250. The summed E-state index contributed by atoms with van der Waals surface area (Å²) in [5, 5.41) is 4.29. The van der Waals surface area contributed by atoms with Gasteiger partial charge in [-0.05, 0) is 42.5 Å². The maximum atomic E-state index is 12.2. The molecule has 0 radical (unpaired) electrons. The Bertz CT molecular complexity index is 804. The van der Waals surface area contributed by atoms with Gasteiger partial charge in [0.05, 0.1) is 0 Å². The van der Waals surface area contributed by atoms with Gasteiger partial charge in [-0.2, -0.15) is 0 Å². The molecule has 1 amide bonds. The Kier molecular flexibility index (Phi) is 4.77. The summed E-state index contributed by atoms with van der Waals surface area (Å²) in [4.78, 5) is 15.4. The van der Waals surface area contributed by atoms with Gasteiger partial charge >= 0.3 is 0 Å². The molecule has 0 unspecified atom stereocenters. The summed E-state index contributed by atoms with van der Waals surface area (Å²) in [7, 11) is 0. The third kappa shape index (κ3) is 3.62. The van der Waals surface area contributed by atoms with Crippen LogP contribution >= 0.6 is 0 Å². The number of aromatic amines is 1. The summed E-state index contributed by atoms with van der Waals surface area (Å²) in [6.45, 7) is 2.10. The van der Waals surface area contributed by atoms with E-state index in [0.717, 1.165) is 30.5 Å². The van der Waals surface area contributed by atoms with Crippen LogP contribution in [0.15, 0.2) is 54.7 Å². The number of H-pyrrole nitrogens is 1. The van der Waals surface area contributed by atoms with Gasteiger partial charge in [-0.25, -0.2) is 0 Å². The Morgan fingerprint density at radius 1 is 1.04 bits per heavy atom. The Morgan fingerprint density at radius 3 is 2.70 bits per heavy atom. The molecule has 1 heterocycles. The monoisotopic (exact) mass is 306 g/mol. The van der Waals surface area contributed by atoms with Gasteiger partial charge in [0, 0.05) is 29.2 Å². The molecular formula is C20H22N2O. The molecule has 0 aliphatic carbocycles. The molecule has 0 aliphatic rings. The number of anilines is 1. The zero-order chi connectivity index (χ0) is 16.1. The number of aryl methyl sites for hydroxylation is 2. The van der Waals surface area contributed by atoms with E-state index < -0.39 is 0 Å². The van der Waals surface area contributed by atoms with Gasteiger partial charge in [0.2, 0.25) is 5.91 Å². The first-order valence-corrected chi connectivity index (χ1v) is 8.20. The standard InChI is InChI=1S/C20H22N2O/c1-2-15-8-3-5-11-18(15)22-20(23)13-7-9-16-14-21-19-12-6-4-10-17(16)19/h3-6,8,10-12,14,21H,2,7,9,13H2,1H3,(H,22,23). The van der Waals surface area contributed by atoms with Crippen molar-refractivity contribution in [2.24, 2.45) is 0 Å². The first kappa shape index (κ1) is 15.3. The number of carbonyl (C=O) groups excluding carboxylic acids is 1. The first-order chi connectivity index (χ1) is 11.3. The number of aromatic nitrogens is 1. The van der Waals surface area contributed by atoms with Crippen molar-refractivity contribution < 1.29 is 4.79 Å². The number of amides is 1. The second kappa shape index (κ2) is 7.14. The molecule has 3 heteroatoms. The highest BCUT2D eigenvalue weighted by Crippen LogP contribution is 2.20. The number of carbonyl (C=O) groups is 1. The van der Waals surface area contributed by atoms with Gasteiger partial charge in [-0.1, -0.05) is 43.3 Å². The van der Waals surface area contributed by atoms with Crippen molar-refractivity contribution in [3.05, 3.63) is 65.9 Å². The molecule has 0 atom stereocenters. The Hall–Kier alpha value is -2.55. The quantitative estimate of drug-likeness (QED) is 0.681. The van der Waals surface area contributed by atoms with Crippen LogP contribution in [-0.2, 0) is 17.6 Å². The van der Waals surface area contributed by atoms with E-state index in [-0.39, 0.29) is 5.91 Å². The largest absolute Gasteiger partial charge is 0.361 e. The van der Waals surface area contributed by atoms with Crippen molar-refractivity contribution in [2.45, 2.75) is 32.6 Å². The van der Waals surface area contributed by atoms with Crippen molar-refractivity contribution in [1.82, 2.24) is 4.98 Å². The molecule has 2 aromatic carbocycles. The highest BCUT2D eigenvalue weighted by Gasteiger charge is 2.07. The van der Waals surface area contributed by atoms with E-state index in [9.17, 15) is 4.79 Å². The molecule has 0 saturated carbocycles. The van der Waals surface area contributed by atoms with E-state index >= 15 is 0 Å². The van der Waals surface area contributed by atoms with E-state index in [1.165, 1.54) is 16.5 Å². The highest BCUT2D eigenvalue weighted by atomic mass is 16.1. The molecule has 0 spiro atoms. The Balaban J connectivity index is 1.55. The summed E-state index contributed by atoms with van der Waals surface area (Å²) >= 11 is 0. The second-order valence-electron chi connectivity index (χ2n) is 5.77. The Labute approximate surface area is 136 Å². The minimum absolute atomic E-state index is 0.0886. The molecule has 2 N–H and O–H groups in total. The number of benzene rings is 2. The average molecular weight is 306 g/mol. The number of hydrogen-bond donors (Lipinski definition) is 2. The van der Waals surface area contributed by atoms with Crippen LogP contribution in [0.4, 0.5) is 5.69 Å². The summed E-state index contributed by atoms with van der Waals surface area (Å²) in [6.07, 6.45) is 5.27. The van der Waals surface area contributed by atoms with Crippen LogP contribution in [0.25, 0.3) is 10.9 Å². The number of rotatable bonds is 6. The first-order valence-electron chi connectivity index (χ1n) is 8.20. The van der Waals surface area contributed by atoms with E-state index in [1.54, 1.807) is 0 Å². The highest BCUT2D eigenvalue weighted by molar-refractivity contribution is 5.91. The van der Waals surface area contributed by atoms with Crippen LogP contribution in [0.2, 0.25) is 0 Å². The van der Waals surface area contributed by atoms with Crippen LogP contribution in [0.3, 0.4) is 0 Å². The van der Waals surface area contributed by atoms with Crippen molar-refractivity contribution in [3.8, 4) is 0 Å². The van der Waals surface area contributed by atoms with Gasteiger partial charge < -0.3 is 10.3 Å². The lowest BCUT2D eigenvalue weighted by atomic mass is 10.1. The predicted molar refractivity (Wildman–Crippen MR) is 95.7 cm³/mol. The van der Waals surface area contributed by atoms with Crippen LogP contribution < -0.4 is 5.32 Å². The third-order valence-corrected chi connectivity index (χ3v) is 4.20. The van der Waals surface area contributed by atoms with Crippen LogP contribution in [0, 0.1) is 0 Å². The van der Waals surface area contributed by atoms with E-state index in [1.807, 2.05) is 30.3 Å². The zero-order valence-corrected chi connectivity index (χ0v) is 13.4. The summed E-state index contributed by atoms with van der Waals surface area (Å²) < 4.78 is 0. The van der Waals surface area contributed by atoms with Gasteiger partial charge in [-0.15, -0.1) is 0 Å². The van der Waals surface area contributed by atoms with E-state index in [4.69, 9.17) is 0 Å². The Morgan fingerprint density at radius 2 is 1.83 bits per heavy atom. The summed E-state index contributed by atoms with van der Waals surface area (Å²) in [5.74, 6) is 0.0886. The lowest BCUT2D eigenvalue weighted by molar-refractivity contribution is -0.116. The molecule has 3 aromatic rings. The topological polar surface area (TPSA) is 44.9 Å². The van der Waals surface area contributed by atoms with Crippen LogP contribution in [0.1, 0.15) is 30.9 Å². The lowest BCUT2D eigenvalue weighted by Gasteiger charge is -2.09. The van der Waals surface area contributed by atoms with E-state index in [2.05, 4.69) is 41.6 Å². The fourth-order valence-electron chi connectivity index (χ4n) is 2.94. The molecule has 23 heavy (non-hydrogen) atoms. The zero-order valence-electron chi connectivity index (χ0n) is 13.4. The lowest BCUT2D eigenvalue weighted by Crippen LogP contribution is -2.12. The SMILES string of the molecule is CCc1ccccc1NC(=O)CCCc1c[nH]c2ccccc12. The number of para-hydroxylation sites is 2. The number of hydrogen-bond acceptors (Lipinski definition) is 1. The number of fused-ring (bicyclic) bond motifs is 1. The molecule has 0 saturated heterocycles. The van der Waals surface area contributed by atoms with Crippen LogP contribution in [0.5, 0.6) is 0 Å². The molecule has 0 fully saturated rings. The predicted octanol–water partition coefficient (Wildman–Crippen LogP) is 4.69. The summed E-state index contributed by atoms with van der Waals surface area (Å²) in [6, 6.07) is 16.3. The van der Waals surface area contributed by atoms with Crippen molar-refractivity contribution in [3.63, 3.8) is 0 Å². The van der Waals surface area contributed by atoms with Gasteiger partial charge in [0.25, 0.3) is 0 Å². The molecule has 0 bridgehead atoms. The maximum absolute atomic E-state index is 12.2. The van der Waals surface area contributed by atoms with Crippen molar-refractivity contribution >= 4 is 22.5 Å².